The van der Waals surface area contributed by atoms with Crippen LogP contribution in [0.1, 0.15) is 87.5 Å². The summed E-state index contributed by atoms with van der Waals surface area (Å²) in [4.78, 5) is 0. The maximum absolute atomic E-state index is 13.0. The van der Waals surface area contributed by atoms with Crippen LogP contribution in [0.2, 0.25) is 0 Å². The Morgan fingerprint density at radius 1 is 1.09 bits per heavy atom. The molecule has 3 atom stereocenters. The Morgan fingerprint density at radius 2 is 1.68 bits per heavy atom. The van der Waals surface area contributed by atoms with Crippen molar-refractivity contribution in [2.24, 2.45) is 17.7 Å². The number of fused-ring (bicyclic) bond motifs is 1. The highest BCUT2D eigenvalue weighted by atomic mass is 19.4. The zero-order chi connectivity index (χ0) is 36.2. The Hall–Kier alpha value is -2.92. The fraction of sp³-hybridized carbons (Fsp3) is 0.568. The molecule has 1 aliphatic carbocycles. The molecule has 268 valence electrons. The van der Waals surface area contributed by atoms with Gasteiger partial charge in [0.25, 0.3) is 0 Å². The van der Waals surface area contributed by atoms with Crippen molar-refractivity contribution in [3.05, 3.63) is 76.3 Å². The fourth-order valence-corrected chi connectivity index (χ4v) is 4.75. The number of allylic oxidation sites excluding steroid dienone is 4. The molecule has 3 rings (SSSR count). The van der Waals surface area contributed by atoms with Gasteiger partial charge in [-0.3, -0.25) is 5.01 Å². The number of aliphatic hydroxyl groups is 1. The van der Waals surface area contributed by atoms with Crippen molar-refractivity contribution < 1.29 is 32.1 Å². The zero-order valence-corrected chi connectivity index (χ0v) is 30.1. The van der Waals surface area contributed by atoms with E-state index >= 15 is 0 Å². The molecule has 0 fully saturated rings. The molecule has 0 saturated heterocycles. The van der Waals surface area contributed by atoms with Gasteiger partial charge in [-0.2, -0.15) is 13.2 Å². The number of rotatable bonds is 13. The fourth-order valence-electron chi connectivity index (χ4n) is 4.75. The average Bonchev–Trinajstić information content (AvgIpc) is 3.49. The normalized spacial score (nSPS) is 15.7. The minimum atomic E-state index is -4.58. The van der Waals surface area contributed by atoms with Gasteiger partial charge in [-0.25, -0.2) is 10.2 Å². The monoisotopic (exact) mass is 669 g/mol. The topological polar surface area (TPSA) is 72.9 Å². The van der Waals surface area contributed by atoms with Gasteiger partial charge in [-0.05, 0) is 73.2 Å². The summed E-state index contributed by atoms with van der Waals surface area (Å²) < 4.78 is 62.3. The maximum atomic E-state index is 13.0. The molecule has 47 heavy (non-hydrogen) atoms. The summed E-state index contributed by atoms with van der Waals surface area (Å²) in [6.07, 6.45) is 6.27. The van der Waals surface area contributed by atoms with E-state index in [0.29, 0.717) is 5.92 Å². The molecule has 1 aliphatic rings. The molecule has 0 radical (unpaired) electrons. The number of aryl methyl sites for hydroxylation is 1. The van der Waals surface area contributed by atoms with E-state index in [9.17, 15) is 17.6 Å². The third-order valence-electron chi connectivity index (χ3n) is 7.73. The second-order valence-electron chi connectivity index (χ2n) is 10.7. The zero-order valence-electron chi connectivity index (χ0n) is 30.1. The molecule has 0 bridgehead atoms. The van der Waals surface area contributed by atoms with Crippen molar-refractivity contribution in [3.63, 3.8) is 0 Å². The van der Waals surface area contributed by atoms with Crippen molar-refractivity contribution >= 4 is 17.8 Å². The molecule has 2 aromatic rings. The maximum Gasteiger partial charge on any atom is 0.414 e. The van der Waals surface area contributed by atoms with Crippen LogP contribution in [-0.4, -0.2) is 42.5 Å². The van der Waals surface area contributed by atoms with Crippen LogP contribution < -0.4 is 21.4 Å². The number of hydrazine groups is 1. The smallest absolute Gasteiger partial charge is 0.384 e. The van der Waals surface area contributed by atoms with E-state index in [1.807, 2.05) is 52.8 Å². The van der Waals surface area contributed by atoms with Gasteiger partial charge in [0.15, 0.2) is 12.4 Å². The van der Waals surface area contributed by atoms with Crippen LogP contribution in [0.3, 0.4) is 0 Å². The third-order valence-corrected chi connectivity index (χ3v) is 7.73. The van der Waals surface area contributed by atoms with Crippen LogP contribution in [0.5, 0.6) is 0 Å². The van der Waals surface area contributed by atoms with Gasteiger partial charge in [0.2, 0.25) is 0 Å². The molecule has 3 unspecified atom stereocenters. The summed E-state index contributed by atoms with van der Waals surface area (Å²) in [6, 6.07) is 8.10. The summed E-state index contributed by atoms with van der Waals surface area (Å²) in [6.45, 7) is 16.6. The Bertz CT molecular complexity index is 1300. The molecule has 10 heteroatoms. The summed E-state index contributed by atoms with van der Waals surface area (Å²) in [5, 5.41) is 12.6. The number of aliphatic hydroxyl groups excluding tert-OH is 1. The predicted octanol–water partition coefficient (Wildman–Crippen LogP) is 8.24. The van der Waals surface area contributed by atoms with Crippen molar-refractivity contribution in [2.45, 2.75) is 113 Å². The third kappa shape index (κ3) is 14.8. The Kier molecular flexibility index (Phi) is 22.0. The number of hydrogen-bond donors (Lipinski definition) is 2. The van der Waals surface area contributed by atoms with E-state index in [1.54, 1.807) is 42.1 Å². The van der Waals surface area contributed by atoms with E-state index in [0.717, 1.165) is 47.6 Å². The van der Waals surface area contributed by atoms with Gasteiger partial charge >= 0.3 is 6.18 Å². The lowest BCUT2D eigenvalue weighted by atomic mass is 9.99. The van der Waals surface area contributed by atoms with Gasteiger partial charge in [-0.1, -0.05) is 79.2 Å². The van der Waals surface area contributed by atoms with Crippen LogP contribution in [0.4, 0.5) is 23.2 Å². The van der Waals surface area contributed by atoms with Gasteiger partial charge in [0.05, 0.1) is 5.69 Å². The number of nitrogens with zero attached hydrogens (tertiary/aromatic N) is 2. The molecule has 1 aromatic carbocycles. The van der Waals surface area contributed by atoms with Crippen molar-refractivity contribution in [1.29, 1.82) is 0 Å². The van der Waals surface area contributed by atoms with E-state index in [-0.39, 0.29) is 24.7 Å². The number of ether oxygens (including phenoxy) is 2. The highest BCUT2D eigenvalue weighted by Gasteiger charge is 2.37. The molecule has 0 saturated carbocycles. The summed E-state index contributed by atoms with van der Waals surface area (Å²) in [5.74, 6) is 6.51. The summed E-state index contributed by atoms with van der Waals surface area (Å²) in [7, 11) is 3.10. The molecule has 3 N–H and O–H groups in total. The SMILES string of the molecule is CC.CC.CC/C(CC=CC(C)CC)=C(/C)N(N)c1ccc(F)cc1.COC(OC)C1C=c2c(ccn2CCC(O)C(F)(F)F)=CC1. The second-order valence-corrected chi connectivity index (χ2v) is 10.7. The number of hydrogen-bond acceptors (Lipinski definition) is 5. The van der Waals surface area contributed by atoms with Gasteiger partial charge in [0, 0.05) is 50.3 Å². The van der Waals surface area contributed by atoms with Crippen LogP contribution in [-0.2, 0) is 16.0 Å². The van der Waals surface area contributed by atoms with Crippen molar-refractivity contribution in [3.8, 4) is 0 Å². The average molecular weight is 670 g/mol. The molecular formula is C37H59F4N3O3. The first-order valence-electron chi connectivity index (χ1n) is 16.7. The lowest BCUT2D eigenvalue weighted by Crippen LogP contribution is -2.37. The summed E-state index contributed by atoms with van der Waals surface area (Å²) >= 11 is 0. The van der Waals surface area contributed by atoms with Gasteiger partial charge in [-0.15, -0.1) is 0 Å². The first-order chi connectivity index (χ1) is 22.4. The number of alkyl halides is 3. The van der Waals surface area contributed by atoms with Crippen LogP contribution in [0.25, 0.3) is 12.2 Å². The number of nitrogens with two attached hydrogens (primary N) is 1. The molecule has 1 heterocycles. The molecule has 6 nitrogen and oxygen atoms in total. The van der Waals surface area contributed by atoms with Crippen LogP contribution in [0, 0.1) is 17.7 Å². The van der Waals surface area contributed by atoms with Gasteiger partial charge in [0.1, 0.15) is 5.82 Å². The molecular weight excluding hydrogens is 610 g/mol. The second kappa shape index (κ2) is 23.4. The minimum Gasteiger partial charge on any atom is -0.384 e. The standard InChI is InChI=1S/C18H27FN2.C15H20F3NO3.2C2H6/c1-5-14(3)8-7-9-16(6-2)15(4)21(20)18-12-10-17(19)11-13-18;1-21-14(22-2)11-4-3-10-5-7-19(12(10)9-11)8-6-13(20)15(16,17)18;2*1-2/h7-8,10-14H,5-6,9,20H2,1-4H3;3,5,7,9,11,13-14,20H,4,6,8H2,1-2H3;2*1-2H3/b8-7?,16-15+;;;. The molecule has 0 amide bonds. The van der Waals surface area contributed by atoms with Crippen molar-refractivity contribution in [1.82, 2.24) is 4.57 Å². The molecule has 0 spiro atoms. The lowest BCUT2D eigenvalue weighted by Gasteiger charge is -2.22. The van der Waals surface area contributed by atoms with E-state index in [2.05, 4.69) is 32.9 Å². The van der Waals surface area contributed by atoms with E-state index in [1.165, 1.54) is 17.7 Å². The number of aromatic nitrogens is 1. The Balaban J connectivity index is 0.000000815. The highest BCUT2D eigenvalue weighted by molar-refractivity contribution is 5.50. The first kappa shape index (κ1) is 44.1. The highest BCUT2D eigenvalue weighted by Crippen LogP contribution is 2.23. The van der Waals surface area contributed by atoms with Gasteiger partial charge < -0.3 is 19.1 Å². The summed E-state index contributed by atoms with van der Waals surface area (Å²) in [5.41, 5.74) is 3.12. The van der Waals surface area contributed by atoms with Crippen molar-refractivity contribution in [2.75, 3.05) is 19.2 Å². The largest absolute Gasteiger partial charge is 0.414 e. The number of halogens is 4. The van der Waals surface area contributed by atoms with E-state index < -0.39 is 18.6 Å². The first-order valence-corrected chi connectivity index (χ1v) is 16.7. The van der Waals surface area contributed by atoms with E-state index in [4.69, 9.17) is 20.4 Å². The Morgan fingerprint density at radius 3 is 2.19 bits per heavy atom. The number of benzene rings is 1. The predicted molar refractivity (Wildman–Crippen MR) is 187 cm³/mol. The Labute approximate surface area is 280 Å². The molecule has 1 aromatic heterocycles. The number of anilines is 1. The van der Waals surface area contributed by atoms with Crippen LogP contribution >= 0.6 is 0 Å². The number of methoxy groups -OCH3 is 2. The molecule has 0 aliphatic heterocycles. The quantitative estimate of drug-likeness (QED) is 0.0739. The minimum absolute atomic E-state index is 0.00342. The lowest BCUT2D eigenvalue weighted by molar-refractivity contribution is -0.206. The van der Waals surface area contributed by atoms with Crippen LogP contribution in [0.15, 0.2) is 60.0 Å².